The SMILES string of the molecule is CC(C(=O)O[C@H]1CC[C@H]2[C@@H]3CCC4=C[C@@H](O)CC[C@]4(C)[C@H]3CC[C@]12C)(C1CCCC1)C1CCCC1. The second-order valence-electron chi connectivity index (χ2n) is 14.4. The molecule has 1 N–H and O–H groups in total. The average Bonchev–Trinajstić information content (AvgIpc) is 3.61. The quantitative estimate of drug-likeness (QED) is 0.331. The second kappa shape index (κ2) is 8.88. The molecule has 0 aromatic carbocycles. The Bertz CT molecular complexity index is 833. The molecule has 196 valence electrons. The zero-order valence-electron chi connectivity index (χ0n) is 22.7. The number of carbonyl (C=O) groups excluding carboxylic acids is 1. The van der Waals surface area contributed by atoms with Gasteiger partial charge in [0.1, 0.15) is 6.10 Å². The van der Waals surface area contributed by atoms with Crippen LogP contribution in [0.25, 0.3) is 0 Å². The van der Waals surface area contributed by atoms with E-state index in [1.807, 2.05) is 0 Å². The summed E-state index contributed by atoms with van der Waals surface area (Å²) in [4.78, 5) is 14.1. The molecule has 5 saturated carbocycles. The van der Waals surface area contributed by atoms with E-state index in [4.69, 9.17) is 4.74 Å². The summed E-state index contributed by atoms with van der Waals surface area (Å²) in [5.74, 6) is 3.42. The van der Waals surface area contributed by atoms with E-state index in [1.54, 1.807) is 5.57 Å². The molecule has 7 atom stereocenters. The van der Waals surface area contributed by atoms with E-state index in [1.165, 1.54) is 77.0 Å². The lowest BCUT2D eigenvalue weighted by molar-refractivity contribution is -0.178. The fraction of sp³-hybridized carbons (Fsp3) is 0.906. The van der Waals surface area contributed by atoms with Gasteiger partial charge in [-0.3, -0.25) is 4.79 Å². The van der Waals surface area contributed by atoms with Gasteiger partial charge in [-0.15, -0.1) is 0 Å². The topological polar surface area (TPSA) is 46.5 Å². The third-order valence-electron chi connectivity index (χ3n) is 13.1. The molecule has 6 aliphatic rings. The minimum Gasteiger partial charge on any atom is -0.461 e. The Balaban J connectivity index is 1.21. The van der Waals surface area contributed by atoms with E-state index in [0.717, 1.165) is 37.5 Å². The van der Waals surface area contributed by atoms with Crippen molar-refractivity contribution in [2.24, 2.45) is 45.8 Å². The van der Waals surface area contributed by atoms with Crippen LogP contribution in [0.3, 0.4) is 0 Å². The van der Waals surface area contributed by atoms with E-state index < -0.39 is 0 Å². The number of rotatable bonds is 4. The number of ether oxygens (including phenoxy) is 1. The maximum absolute atomic E-state index is 14.1. The molecule has 0 unspecified atom stereocenters. The van der Waals surface area contributed by atoms with Gasteiger partial charge in [-0.05, 0) is 119 Å². The average molecular weight is 483 g/mol. The van der Waals surface area contributed by atoms with Crippen LogP contribution in [0.5, 0.6) is 0 Å². The lowest BCUT2D eigenvalue weighted by Crippen LogP contribution is -2.52. The van der Waals surface area contributed by atoms with Crippen molar-refractivity contribution in [3.8, 4) is 0 Å². The monoisotopic (exact) mass is 482 g/mol. The third-order valence-corrected chi connectivity index (χ3v) is 13.1. The minimum absolute atomic E-state index is 0.112. The van der Waals surface area contributed by atoms with Crippen molar-refractivity contribution in [1.82, 2.24) is 0 Å². The van der Waals surface area contributed by atoms with Gasteiger partial charge in [-0.25, -0.2) is 0 Å². The molecule has 0 heterocycles. The molecule has 0 bridgehead atoms. The molecule has 6 aliphatic carbocycles. The highest BCUT2D eigenvalue weighted by Gasteiger charge is 2.61. The molecule has 3 nitrogen and oxygen atoms in total. The molecule has 0 aliphatic heterocycles. The highest BCUT2D eigenvalue weighted by Crippen LogP contribution is 2.66. The summed E-state index contributed by atoms with van der Waals surface area (Å²) < 4.78 is 6.72. The van der Waals surface area contributed by atoms with Gasteiger partial charge in [0.25, 0.3) is 0 Å². The smallest absolute Gasteiger partial charge is 0.312 e. The van der Waals surface area contributed by atoms with Gasteiger partial charge in [0.2, 0.25) is 0 Å². The van der Waals surface area contributed by atoms with Gasteiger partial charge < -0.3 is 9.84 Å². The molecule has 35 heavy (non-hydrogen) atoms. The van der Waals surface area contributed by atoms with E-state index in [9.17, 15) is 9.90 Å². The maximum atomic E-state index is 14.1. The Morgan fingerprint density at radius 1 is 0.886 bits per heavy atom. The highest BCUT2D eigenvalue weighted by atomic mass is 16.5. The van der Waals surface area contributed by atoms with E-state index in [-0.39, 0.29) is 34.4 Å². The first-order chi connectivity index (χ1) is 16.8. The van der Waals surface area contributed by atoms with Crippen molar-refractivity contribution >= 4 is 5.97 Å². The van der Waals surface area contributed by atoms with Crippen LogP contribution < -0.4 is 0 Å². The van der Waals surface area contributed by atoms with Crippen LogP contribution in [-0.4, -0.2) is 23.3 Å². The van der Waals surface area contributed by atoms with Crippen molar-refractivity contribution in [2.45, 2.75) is 136 Å². The standard InChI is InChI=1S/C32H50O3/c1-30-18-16-24(33)20-23(30)12-13-25-26-14-15-28(31(26,2)19-17-27(25)30)35-29(34)32(3,21-8-4-5-9-21)22-10-6-7-11-22/h20-22,24-28,33H,4-19H2,1-3H3/t24-,25-,26-,27-,28-,30-,31-/m0/s1. The van der Waals surface area contributed by atoms with Crippen molar-refractivity contribution in [3.63, 3.8) is 0 Å². The zero-order chi connectivity index (χ0) is 24.4. The Morgan fingerprint density at radius 2 is 1.54 bits per heavy atom. The third kappa shape index (κ3) is 3.71. The first kappa shape index (κ1) is 24.5. The van der Waals surface area contributed by atoms with Crippen molar-refractivity contribution < 1.29 is 14.6 Å². The maximum Gasteiger partial charge on any atom is 0.312 e. The molecule has 0 aromatic heterocycles. The number of fused-ring (bicyclic) bond motifs is 5. The van der Waals surface area contributed by atoms with Crippen LogP contribution in [0.1, 0.15) is 124 Å². The summed E-state index contributed by atoms with van der Waals surface area (Å²) in [6, 6.07) is 0. The molecular formula is C32H50O3. The van der Waals surface area contributed by atoms with Crippen molar-refractivity contribution in [1.29, 1.82) is 0 Å². The predicted molar refractivity (Wildman–Crippen MR) is 140 cm³/mol. The molecule has 6 rings (SSSR count). The lowest BCUT2D eigenvalue weighted by atomic mass is 9.47. The van der Waals surface area contributed by atoms with Crippen LogP contribution in [0.4, 0.5) is 0 Å². The summed E-state index contributed by atoms with van der Waals surface area (Å²) in [6.45, 7) is 7.30. The first-order valence-corrected chi connectivity index (χ1v) is 15.4. The molecule has 5 fully saturated rings. The molecule has 0 aromatic rings. The van der Waals surface area contributed by atoms with Gasteiger partial charge in [0.15, 0.2) is 0 Å². The molecule has 0 spiro atoms. The molecule has 0 saturated heterocycles. The number of esters is 1. The van der Waals surface area contributed by atoms with Crippen LogP contribution >= 0.6 is 0 Å². The summed E-state index contributed by atoms with van der Waals surface area (Å²) in [5, 5.41) is 10.3. The Labute approximate surface area is 213 Å². The molecule has 0 radical (unpaired) electrons. The van der Waals surface area contributed by atoms with Crippen molar-refractivity contribution in [3.05, 3.63) is 11.6 Å². The van der Waals surface area contributed by atoms with Crippen LogP contribution in [0, 0.1) is 45.8 Å². The number of hydrogen-bond donors (Lipinski definition) is 1. The highest BCUT2D eigenvalue weighted by molar-refractivity contribution is 5.77. The largest absolute Gasteiger partial charge is 0.461 e. The van der Waals surface area contributed by atoms with E-state index in [0.29, 0.717) is 17.8 Å². The summed E-state index contributed by atoms with van der Waals surface area (Å²) in [5.41, 5.74) is 1.71. The van der Waals surface area contributed by atoms with Crippen LogP contribution in [0.15, 0.2) is 11.6 Å². The van der Waals surface area contributed by atoms with Gasteiger partial charge in [0, 0.05) is 5.41 Å². The predicted octanol–water partition coefficient (Wildman–Crippen LogP) is 7.61. The fourth-order valence-electron chi connectivity index (χ4n) is 10.8. The molecule has 0 amide bonds. The second-order valence-corrected chi connectivity index (χ2v) is 14.4. The Hall–Kier alpha value is -0.830. The van der Waals surface area contributed by atoms with Gasteiger partial charge >= 0.3 is 5.97 Å². The lowest BCUT2D eigenvalue weighted by Gasteiger charge is -2.58. The molecular weight excluding hydrogens is 432 g/mol. The van der Waals surface area contributed by atoms with Crippen molar-refractivity contribution in [2.75, 3.05) is 0 Å². The van der Waals surface area contributed by atoms with Crippen LogP contribution in [0.2, 0.25) is 0 Å². The number of allylic oxidation sites excluding steroid dienone is 1. The number of aliphatic hydroxyl groups excluding tert-OH is 1. The summed E-state index contributed by atoms with van der Waals surface area (Å²) in [7, 11) is 0. The minimum atomic E-state index is -0.264. The van der Waals surface area contributed by atoms with E-state index >= 15 is 0 Å². The van der Waals surface area contributed by atoms with Crippen LogP contribution in [-0.2, 0) is 9.53 Å². The van der Waals surface area contributed by atoms with Gasteiger partial charge in [-0.2, -0.15) is 0 Å². The molecule has 3 heteroatoms. The summed E-state index contributed by atoms with van der Waals surface area (Å²) in [6.07, 6.45) is 21.4. The number of aliphatic hydroxyl groups is 1. The Kier molecular flexibility index (Phi) is 6.22. The number of carbonyl (C=O) groups is 1. The van der Waals surface area contributed by atoms with Gasteiger partial charge in [-0.1, -0.05) is 51.2 Å². The normalized spacial score (nSPS) is 44.5. The summed E-state index contributed by atoms with van der Waals surface area (Å²) >= 11 is 0. The first-order valence-electron chi connectivity index (χ1n) is 15.4. The number of hydrogen-bond acceptors (Lipinski definition) is 3. The van der Waals surface area contributed by atoms with Gasteiger partial charge in [0.05, 0.1) is 11.5 Å². The van der Waals surface area contributed by atoms with E-state index in [2.05, 4.69) is 26.8 Å². The fourth-order valence-corrected chi connectivity index (χ4v) is 10.8. The Morgan fingerprint density at radius 3 is 2.20 bits per heavy atom. The zero-order valence-corrected chi connectivity index (χ0v) is 22.7.